The van der Waals surface area contributed by atoms with Crippen molar-refractivity contribution in [1.82, 2.24) is 4.98 Å². The minimum Gasteiger partial charge on any atom is -0.483 e. The molecule has 0 radical (unpaired) electrons. The Labute approximate surface area is 159 Å². The Morgan fingerprint density at radius 1 is 1.22 bits per heavy atom. The lowest BCUT2D eigenvalue weighted by atomic mass is 10.1. The van der Waals surface area contributed by atoms with Crippen LogP contribution in [0.2, 0.25) is 0 Å². The molecule has 8 heteroatoms. The largest absolute Gasteiger partial charge is 0.483 e. The van der Waals surface area contributed by atoms with Crippen LogP contribution in [0.3, 0.4) is 0 Å². The van der Waals surface area contributed by atoms with Crippen molar-refractivity contribution in [1.29, 1.82) is 0 Å². The first kappa shape index (κ1) is 18.5. The van der Waals surface area contributed by atoms with Crippen molar-refractivity contribution in [3.8, 4) is 17.0 Å². The van der Waals surface area contributed by atoms with Gasteiger partial charge in [-0.3, -0.25) is 20.2 Å². The number of rotatable bonds is 6. The van der Waals surface area contributed by atoms with Crippen LogP contribution >= 0.6 is 11.3 Å². The second-order valence-electron chi connectivity index (χ2n) is 5.83. The van der Waals surface area contributed by atoms with Crippen LogP contribution in [-0.4, -0.2) is 22.4 Å². The Kier molecular flexibility index (Phi) is 5.46. The Morgan fingerprint density at radius 3 is 2.63 bits per heavy atom. The first-order valence-corrected chi connectivity index (χ1v) is 8.96. The van der Waals surface area contributed by atoms with Gasteiger partial charge in [-0.2, -0.15) is 0 Å². The molecule has 2 aromatic carbocycles. The minimum atomic E-state index is -0.474. The van der Waals surface area contributed by atoms with Crippen LogP contribution in [0.5, 0.6) is 5.75 Å². The molecule has 0 fully saturated rings. The normalized spacial score (nSPS) is 10.4. The number of thiazole rings is 1. The third kappa shape index (κ3) is 4.48. The van der Waals surface area contributed by atoms with E-state index in [-0.39, 0.29) is 18.2 Å². The smallest absolute Gasteiger partial charge is 0.269 e. The summed E-state index contributed by atoms with van der Waals surface area (Å²) < 4.78 is 5.47. The number of amides is 1. The van der Waals surface area contributed by atoms with E-state index in [4.69, 9.17) is 4.74 Å². The maximum atomic E-state index is 12.2. The molecular weight excluding hydrogens is 366 g/mol. The summed E-state index contributed by atoms with van der Waals surface area (Å²) in [6.07, 6.45) is 0. The first-order chi connectivity index (χ1) is 12.9. The Balaban J connectivity index is 1.63. The van der Waals surface area contributed by atoms with E-state index in [0.29, 0.717) is 16.4 Å². The highest BCUT2D eigenvalue weighted by atomic mass is 32.1. The lowest BCUT2D eigenvalue weighted by Gasteiger charge is -2.08. The summed E-state index contributed by atoms with van der Waals surface area (Å²) >= 11 is 1.39. The number of aryl methyl sites for hydroxylation is 2. The van der Waals surface area contributed by atoms with Gasteiger partial charge in [0.25, 0.3) is 11.6 Å². The second-order valence-corrected chi connectivity index (χ2v) is 7.04. The number of aromatic nitrogens is 1. The zero-order chi connectivity index (χ0) is 19.4. The van der Waals surface area contributed by atoms with Crippen molar-refractivity contribution in [2.45, 2.75) is 13.8 Å². The highest BCUT2D eigenvalue weighted by molar-refractivity contribution is 7.16. The Bertz CT molecular complexity index is 986. The predicted molar refractivity (Wildman–Crippen MR) is 104 cm³/mol. The number of anilines is 1. The van der Waals surface area contributed by atoms with E-state index in [2.05, 4.69) is 10.3 Å². The molecule has 27 heavy (non-hydrogen) atoms. The molecule has 0 bridgehead atoms. The SMILES string of the molecule is Cc1cc([N+](=O)[O-])ccc1OCC(=O)Nc1nc(-c2ccccc2)c(C)s1. The molecule has 0 spiro atoms. The maximum Gasteiger partial charge on any atom is 0.269 e. The quantitative estimate of drug-likeness (QED) is 0.504. The molecule has 7 nitrogen and oxygen atoms in total. The zero-order valence-electron chi connectivity index (χ0n) is 14.8. The fourth-order valence-electron chi connectivity index (χ4n) is 2.52. The number of benzene rings is 2. The highest BCUT2D eigenvalue weighted by Crippen LogP contribution is 2.30. The molecule has 0 saturated carbocycles. The van der Waals surface area contributed by atoms with E-state index in [1.807, 2.05) is 37.3 Å². The number of non-ortho nitro benzene ring substituents is 1. The number of hydrogen-bond acceptors (Lipinski definition) is 6. The Morgan fingerprint density at radius 2 is 1.96 bits per heavy atom. The molecule has 0 aliphatic rings. The fourth-order valence-corrected chi connectivity index (χ4v) is 3.37. The lowest BCUT2D eigenvalue weighted by Crippen LogP contribution is -2.20. The molecule has 3 rings (SSSR count). The van der Waals surface area contributed by atoms with Crippen LogP contribution in [0.15, 0.2) is 48.5 Å². The van der Waals surface area contributed by atoms with Crippen molar-refractivity contribution < 1.29 is 14.5 Å². The second kappa shape index (κ2) is 7.96. The van der Waals surface area contributed by atoms with Crippen molar-refractivity contribution in [2.75, 3.05) is 11.9 Å². The number of carbonyl (C=O) groups excluding carboxylic acids is 1. The molecule has 0 atom stereocenters. The molecule has 1 heterocycles. The fraction of sp³-hybridized carbons (Fsp3) is 0.158. The molecule has 1 amide bonds. The highest BCUT2D eigenvalue weighted by Gasteiger charge is 2.13. The van der Waals surface area contributed by atoms with Crippen molar-refractivity contribution in [3.05, 3.63) is 69.1 Å². The lowest BCUT2D eigenvalue weighted by molar-refractivity contribution is -0.384. The number of nitro groups is 1. The maximum absolute atomic E-state index is 12.2. The van der Waals surface area contributed by atoms with E-state index in [0.717, 1.165) is 16.1 Å². The third-order valence-electron chi connectivity index (χ3n) is 3.82. The van der Waals surface area contributed by atoms with Crippen LogP contribution in [0.4, 0.5) is 10.8 Å². The van der Waals surface area contributed by atoms with Gasteiger partial charge in [0.1, 0.15) is 5.75 Å². The number of ether oxygens (including phenoxy) is 1. The predicted octanol–water partition coefficient (Wildman–Crippen LogP) is 4.35. The Hall–Kier alpha value is -3.26. The number of carbonyl (C=O) groups is 1. The topological polar surface area (TPSA) is 94.4 Å². The molecule has 0 aliphatic heterocycles. The summed E-state index contributed by atoms with van der Waals surface area (Å²) in [6, 6.07) is 14.0. The number of nitrogens with zero attached hydrogens (tertiary/aromatic N) is 2. The minimum absolute atomic E-state index is 0.0176. The van der Waals surface area contributed by atoms with Crippen molar-refractivity contribution in [3.63, 3.8) is 0 Å². The zero-order valence-corrected chi connectivity index (χ0v) is 15.6. The molecular formula is C19H17N3O4S. The average Bonchev–Trinajstić information content (AvgIpc) is 3.01. The molecule has 1 aromatic heterocycles. The number of hydrogen-bond donors (Lipinski definition) is 1. The van der Waals surface area contributed by atoms with Crippen LogP contribution < -0.4 is 10.1 Å². The van der Waals surface area contributed by atoms with E-state index < -0.39 is 4.92 Å². The van der Waals surface area contributed by atoms with Crippen LogP contribution in [0.1, 0.15) is 10.4 Å². The van der Waals surface area contributed by atoms with E-state index >= 15 is 0 Å². The standard InChI is InChI=1S/C19H17N3O4S/c1-12-10-15(22(24)25)8-9-16(12)26-11-17(23)20-19-21-18(13(2)27-19)14-6-4-3-5-7-14/h3-10H,11H2,1-2H3,(H,20,21,23). The van der Waals surface area contributed by atoms with Gasteiger partial charge in [-0.1, -0.05) is 30.3 Å². The van der Waals surface area contributed by atoms with Gasteiger partial charge in [0, 0.05) is 22.6 Å². The molecule has 138 valence electrons. The van der Waals surface area contributed by atoms with Gasteiger partial charge in [-0.15, -0.1) is 11.3 Å². The van der Waals surface area contributed by atoms with Crippen molar-refractivity contribution >= 4 is 28.1 Å². The van der Waals surface area contributed by atoms with Crippen LogP contribution in [0.25, 0.3) is 11.3 Å². The summed E-state index contributed by atoms with van der Waals surface area (Å²) in [4.78, 5) is 27.9. The van der Waals surface area contributed by atoms with E-state index in [9.17, 15) is 14.9 Å². The van der Waals surface area contributed by atoms with Gasteiger partial charge in [0.15, 0.2) is 11.7 Å². The van der Waals surface area contributed by atoms with Crippen LogP contribution in [0, 0.1) is 24.0 Å². The average molecular weight is 383 g/mol. The van der Waals surface area contributed by atoms with Crippen molar-refractivity contribution in [2.24, 2.45) is 0 Å². The monoisotopic (exact) mass is 383 g/mol. The summed E-state index contributed by atoms with van der Waals surface area (Å²) in [5.74, 6) is 0.0807. The van der Waals surface area contributed by atoms with Gasteiger partial charge < -0.3 is 4.74 Å². The van der Waals surface area contributed by atoms with Gasteiger partial charge in [-0.05, 0) is 25.5 Å². The molecule has 1 N–H and O–H groups in total. The number of nitro benzene ring substituents is 1. The van der Waals surface area contributed by atoms with Gasteiger partial charge in [-0.25, -0.2) is 4.98 Å². The third-order valence-corrected chi connectivity index (χ3v) is 4.70. The van der Waals surface area contributed by atoms with Gasteiger partial charge in [0.2, 0.25) is 0 Å². The summed E-state index contributed by atoms with van der Waals surface area (Å²) in [5, 5.41) is 14.0. The summed E-state index contributed by atoms with van der Waals surface area (Å²) in [5.41, 5.74) is 2.40. The van der Waals surface area contributed by atoms with E-state index in [1.165, 1.54) is 29.5 Å². The van der Waals surface area contributed by atoms with Gasteiger partial charge >= 0.3 is 0 Å². The summed E-state index contributed by atoms with van der Waals surface area (Å²) in [7, 11) is 0. The molecule has 0 saturated heterocycles. The van der Waals surface area contributed by atoms with E-state index in [1.54, 1.807) is 6.92 Å². The molecule has 3 aromatic rings. The number of nitrogens with one attached hydrogen (secondary N) is 1. The van der Waals surface area contributed by atoms with Crippen LogP contribution in [-0.2, 0) is 4.79 Å². The molecule has 0 unspecified atom stereocenters. The van der Waals surface area contributed by atoms with Gasteiger partial charge in [0.05, 0.1) is 10.6 Å². The molecule has 0 aliphatic carbocycles. The summed E-state index contributed by atoms with van der Waals surface area (Å²) in [6.45, 7) is 3.43. The first-order valence-electron chi connectivity index (χ1n) is 8.14.